The molecule has 1 atom stereocenters. The lowest BCUT2D eigenvalue weighted by molar-refractivity contribution is 0.0221. The van der Waals surface area contributed by atoms with E-state index in [4.69, 9.17) is 4.74 Å². The van der Waals surface area contributed by atoms with Crippen molar-refractivity contribution in [1.82, 2.24) is 9.80 Å². The number of carbonyl (C=O) groups excluding carboxylic acids is 1. The molecule has 6 heteroatoms. The standard InChI is InChI=1S/C21H28N2O4/c1-5-15-14(6-7-16-17(15)13-27-19(16)24)8-9-22-10-11-23(20(25)26)18(12-22)21(2,3)4/h5-7,18H,1,8-13H2,2-4H3,(H,25,26). The van der Waals surface area contributed by atoms with E-state index in [0.29, 0.717) is 18.7 Å². The highest BCUT2D eigenvalue weighted by Crippen LogP contribution is 2.30. The molecule has 2 heterocycles. The summed E-state index contributed by atoms with van der Waals surface area (Å²) in [5.41, 5.74) is 3.59. The Balaban J connectivity index is 1.72. The molecule has 1 aromatic carbocycles. The van der Waals surface area contributed by atoms with Crippen LogP contribution in [-0.2, 0) is 17.8 Å². The van der Waals surface area contributed by atoms with E-state index in [0.717, 1.165) is 42.7 Å². The van der Waals surface area contributed by atoms with Gasteiger partial charge in [0.05, 0.1) is 11.6 Å². The van der Waals surface area contributed by atoms with Crippen molar-refractivity contribution in [3.8, 4) is 0 Å². The first kappa shape index (κ1) is 19.4. The van der Waals surface area contributed by atoms with Crippen molar-refractivity contribution in [2.75, 3.05) is 26.2 Å². The van der Waals surface area contributed by atoms with Crippen LogP contribution in [0.5, 0.6) is 0 Å². The van der Waals surface area contributed by atoms with Crippen molar-refractivity contribution in [2.24, 2.45) is 5.41 Å². The summed E-state index contributed by atoms with van der Waals surface area (Å²) in [5, 5.41) is 9.50. The van der Waals surface area contributed by atoms with Crippen molar-refractivity contribution in [1.29, 1.82) is 0 Å². The summed E-state index contributed by atoms with van der Waals surface area (Å²) in [5.74, 6) is -0.266. The van der Waals surface area contributed by atoms with E-state index in [-0.39, 0.29) is 17.4 Å². The molecule has 2 aliphatic rings. The molecule has 1 aromatic rings. The number of esters is 1. The second kappa shape index (κ2) is 7.35. The predicted octanol–water partition coefficient (Wildman–Crippen LogP) is 3.25. The summed E-state index contributed by atoms with van der Waals surface area (Å²) in [6.45, 7) is 13.3. The third kappa shape index (κ3) is 3.86. The van der Waals surface area contributed by atoms with Crippen molar-refractivity contribution < 1.29 is 19.4 Å². The minimum Gasteiger partial charge on any atom is -0.465 e. The van der Waals surface area contributed by atoms with E-state index in [9.17, 15) is 14.7 Å². The van der Waals surface area contributed by atoms with Gasteiger partial charge in [0.1, 0.15) is 6.61 Å². The van der Waals surface area contributed by atoms with Crippen molar-refractivity contribution in [3.63, 3.8) is 0 Å². The van der Waals surface area contributed by atoms with Gasteiger partial charge in [-0.25, -0.2) is 9.59 Å². The van der Waals surface area contributed by atoms with Crippen molar-refractivity contribution >= 4 is 18.1 Å². The fourth-order valence-corrected chi connectivity index (χ4v) is 4.04. The first-order chi connectivity index (χ1) is 12.7. The number of hydrogen-bond acceptors (Lipinski definition) is 4. The minimum absolute atomic E-state index is 0.0336. The molecule has 3 rings (SSSR count). The van der Waals surface area contributed by atoms with Gasteiger partial charge in [-0.2, -0.15) is 0 Å². The van der Waals surface area contributed by atoms with Gasteiger partial charge in [-0.3, -0.25) is 4.90 Å². The SMILES string of the molecule is C=Cc1c(CCN2CCN(C(=O)O)C(C(C)(C)C)C2)ccc2c1COC2=O. The average Bonchev–Trinajstić information content (AvgIpc) is 2.99. The van der Waals surface area contributed by atoms with E-state index in [2.05, 4.69) is 32.3 Å². The van der Waals surface area contributed by atoms with Crippen LogP contribution in [0.3, 0.4) is 0 Å². The van der Waals surface area contributed by atoms with Gasteiger partial charge in [-0.15, -0.1) is 0 Å². The van der Waals surface area contributed by atoms with Gasteiger partial charge >= 0.3 is 12.1 Å². The normalized spacial score (nSPS) is 20.3. The molecule has 0 aliphatic carbocycles. The maximum absolute atomic E-state index is 11.7. The molecule has 146 valence electrons. The van der Waals surface area contributed by atoms with Crippen LogP contribution in [0.15, 0.2) is 18.7 Å². The number of rotatable bonds is 4. The number of fused-ring (bicyclic) bond motifs is 1. The second-order valence-corrected chi connectivity index (χ2v) is 8.35. The maximum Gasteiger partial charge on any atom is 0.407 e. The molecule has 1 unspecified atom stereocenters. The summed E-state index contributed by atoms with van der Waals surface area (Å²) < 4.78 is 5.14. The molecule has 0 bridgehead atoms. The number of piperazine rings is 1. The molecule has 0 radical (unpaired) electrons. The molecule has 0 saturated carbocycles. The third-order valence-electron chi connectivity index (χ3n) is 5.63. The molecule has 6 nitrogen and oxygen atoms in total. The Morgan fingerprint density at radius 1 is 1.37 bits per heavy atom. The average molecular weight is 372 g/mol. The molecule has 2 aliphatic heterocycles. The van der Waals surface area contributed by atoms with Crippen LogP contribution in [0, 0.1) is 5.41 Å². The topological polar surface area (TPSA) is 70.1 Å². The summed E-state index contributed by atoms with van der Waals surface area (Å²) in [4.78, 5) is 27.2. The fourth-order valence-electron chi connectivity index (χ4n) is 4.04. The molecule has 27 heavy (non-hydrogen) atoms. The smallest absolute Gasteiger partial charge is 0.407 e. The van der Waals surface area contributed by atoms with E-state index in [1.807, 2.05) is 12.1 Å². The van der Waals surface area contributed by atoms with E-state index in [1.165, 1.54) is 0 Å². The second-order valence-electron chi connectivity index (χ2n) is 8.35. The van der Waals surface area contributed by atoms with E-state index >= 15 is 0 Å². The zero-order chi connectivity index (χ0) is 19.8. The van der Waals surface area contributed by atoms with Crippen LogP contribution in [0.1, 0.15) is 47.8 Å². The van der Waals surface area contributed by atoms with Crippen molar-refractivity contribution in [3.05, 3.63) is 41.0 Å². The van der Waals surface area contributed by atoms with Gasteiger partial charge in [0.2, 0.25) is 0 Å². The molecule has 1 N–H and O–H groups in total. The van der Waals surface area contributed by atoms with Crippen LogP contribution in [0.4, 0.5) is 4.79 Å². The Morgan fingerprint density at radius 3 is 2.74 bits per heavy atom. The summed E-state index contributed by atoms with van der Waals surface area (Å²) >= 11 is 0. The monoisotopic (exact) mass is 372 g/mol. The highest BCUT2D eigenvalue weighted by molar-refractivity contribution is 5.94. The van der Waals surface area contributed by atoms with Gasteiger partial charge in [0.15, 0.2) is 0 Å². The Bertz CT molecular complexity index is 766. The Labute approximate surface area is 160 Å². The number of carbonyl (C=O) groups is 2. The molecule has 0 aromatic heterocycles. The number of cyclic esters (lactones) is 1. The number of benzene rings is 1. The van der Waals surface area contributed by atoms with Crippen LogP contribution in [-0.4, -0.2) is 59.2 Å². The first-order valence-electron chi connectivity index (χ1n) is 9.38. The summed E-state index contributed by atoms with van der Waals surface area (Å²) in [7, 11) is 0. The third-order valence-corrected chi connectivity index (χ3v) is 5.63. The van der Waals surface area contributed by atoms with Crippen LogP contribution in [0.2, 0.25) is 0 Å². The van der Waals surface area contributed by atoms with E-state index < -0.39 is 6.09 Å². The molecule has 1 fully saturated rings. The zero-order valence-electron chi connectivity index (χ0n) is 16.3. The highest BCUT2D eigenvalue weighted by Gasteiger charge is 2.37. The summed E-state index contributed by atoms with van der Waals surface area (Å²) in [6.07, 6.45) is 1.79. The molecule has 1 saturated heterocycles. The van der Waals surface area contributed by atoms with Crippen LogP contribution >= 0.6 is 0 Å². The fraction of sp³-hybridized carbons (Fsp3) is 0.524. The van der Waals surface area contributed by atoms with Gasteiger partial charge < -0.3 is 14.7 Å². The highest BCUT2D eigenvalue weighted by atomic mass is 16.5. The Kier molecular flexibility index (Phi) is 5.29. The lowest BCUT2D eigenvalue weighted by atomic mass is 9.84. The zero-order valence-corrected chi connectivity index (χ0v) is 16.3. The van der Waals surface area contributed by atoms with Gasteiger partial charge in [0, 0.05) is 31.7 Å². The number of ether oxygens (including phenoxy) is 1. The number of nitrogens with zero attached hydrogens (tertiary/aromatic N) is 2. The first-order valence-corrected chi connectivity index (χ1v) is 9.38. The maximum atomic E-state index is 11.7. The molecular formula is C21H28N2O4. The largest absolute Gasteiger partial charge is 0.465 e. The number of amides is 1. The number of hydrogen-bond donors (Lipinski definition) is 1. The molecule has 0 spiro atoms. The van der Waals surface area contributed by atoms with Gasteiger partial charge in [-0.1, -0.05) is 39.5 Å². The Morgan fingerprint density at radius 2 is 2.11 bits per heavy atom. The van der Waals surface area contributed by atoms with Gasteiger partial charge in [-0.05, 0) is 29.0 Å². The van der Waals surface area contributed by atoms with Crippen LogP contribution in [0.25, 0.3) is 6.08 Å². The number of carboxylic acid groups (broad SMARTS) is 1. The molecule has 1 amide bonds. The summed E-state index contributed by atoms with van der Waals surface area (Å²) in [6, 6.07) is 3.79. The molecular weight excluding hydrogens is 344 g/mol. The van der Waals surface area contributed by atoms with Crippen LogP contribution < -0.4 is 0 Å². The van der Waals surface area contributed by atoms with E-state index in [1.54, 1.807) is 11.0 Å². The lowest BCUT2D eigenvalue weighted by Gasteiger charge is -2.46. The quantitative estimate of drug-likeness (QED) is 0.822. The minimum atomic E-state index is -0.841. The predicted molar refractivity (Wildman–Crippen MR) is 104 cm³/mol. The lowest BCUT2D eigenvalue weighted by Crippen LogP contribution is -2.59. The Hall–Kier alpha value is -2.34. The van der Waals surface area contributed by atoms with Crippen molar-refractivity contribution in [2.45, 2.75) is 39.8 Å². The van der Waals surface area contributed by atoms with Gasteiger partial charge in [0.25, 0.3) is 0 Å².